The molecule has 0 saturated heterocycles. The molecule has 1 rings (SSSR count). The van der Waals surface area contributed by atoms with E-state index in [1.807, 2.05) is 6.92 Å². The second-order valence-corrected chi connectivity index (χ2v) is 6.09. The van der Waals surface area contributed by atoms with Crippen molar-refractivity contribution in [2.24, 2.45) is 11.8 Å². The largest absolute Gasteiger partial charge is 0.513 e. The van der Waals surface area contributed by atoms with Crippen LogP contribution >= 0.6 is 0 Å². The average Bonchev–Trinajstić information content (AvgIpc) is 2.13. The van der Waals surface area contributed by atoms with E-state index in [1.54, 1.807) is 20.8 Å². The van der Waals surface area contributed by atoms with Crippen LogP contribution in [-0.2, 0) is 0 Å². The fourth-order valence-electron chi connectivity index (χ4n) is 3.00. The number of hydrogen-bond donors (Lipinski definition) is 2. The minimum absolute atomic E-state index is 0.0567. The fourth-order valence-corrected chi connectivity index (χ4v) is 3.00. The molecule has 0 spiro atoms. The molecule has 2 N–H and O–H groups in total. The monoisotopic (exact) mass is 250 g/mol. The van der Waals surface area contributed by atoms with E-state index in [2.05, 4.69) is 19.6 Å². The lowest BCUT2D eigenvalue weighted by molar-refractivity contribution is 0.0987. The summed E-state index contributed by atoms with van der Waals surface area (Å²) in [5.41, 5.74) is 2.15. The zero-order valence-electron chi connectivity index (χ0n) is 12.2. The van der Waals surface area contributed by atoms with Crippen LogP contribution in [0.4, 0.5) is 0 Å². The van der Waals surface area contributed by atoms with Gasteiger partial charge in [0.1, 0.15) is 0 Å². The summed E-state index contributed by atoms with van der Waals surface area (Å²) in [6.07, 6.45) is 4.28. The molecule has 18 heavy (non-hydrogen) atoms. The van der Waals surface area contributed by atoms with Crippen LogP contribution in [0.2, 0.25) is 0 Å². The van der Waals surface area contributed by atoms with Crippen LogP contribution in [-0.4, -0.2) is 15.8 Å². The highest BCUT2D eigenvalue weighted by Crippen LogP contribution is 2.41. The molecule has 102 valence electrons. The minimum atomic E-state index is -1.01. The molecule has 0 aromatic heterocycles. The Kier molecular flexibility index (Phi) is 4.44. The highest BCUT2D eigenvalue weighted by molar-refractivity contribution is 5.30. The first kappa shape index (κ1) is 15.0. The van der Waals surface area contributed by atoms with Crippen LogP contribution in [0.15, 0.2) is 35.1 Å². The van der Waals surface area contributed by atoms with E-state index in [9.17, 15) is 10.2 Å². The molecule has 2 heteroatoms. The summed E-state index contributed by atoms with van der Waals surface area (Å²) in [5.74, 6) is 0.586. The van der Waals surface area contributed by atoms with Gasteiger partial charge in [-0.1, -0.05) is 23.8 Å². The predicted molar refractivity (Wildman–Crippen MR) is 76.4 cm³/mol. The summed E-state index contributed by atoms with van der Waals surface area (Å²) in [4.78, 5) is 0. The van der Waals surface area contributed by atoms with Gasteiger partial charge in [-0.3, -0.25) is 0 Å². The van der Waals surface area contributed by atoms with E-state index in [0.717, 1.165) is 24.0 Å². The second kappa shape index (κ2) is 5.31. The molecule has 2 unspecified atom stereocenters. The van der Waals surface area contributed by atoms with Gasteiger partial charge in [0, 0.05) is 11.5 Å². The summed E-state index contributed by atoms with van der Waals surface area (Å²) >= 11 is 0. The van der Waals surface area contributed by atoms with Crippen LogP contribution in [0.25, 0.3) is 0 Å². The topological polar surface area (TPSA) is 40.5 Å². The third-order valence-electron chi connectivity index (χ3n) is 3.76. The fraction of sp³-hybridized carbons (Fsp3) is 0.625. The van der Waals surface area contributed by atoms with Crippen molar-refractivity contribution in [1.82, 2.24) is 0 Å². The number of rotatable bonds is 3. The quantitative estimate of drug-likeness (QED) is 0.584. The SMILES string of the molecule is C=C(C)C1CCC(C)=CC1/C(=C(/C)O)C(C)(C)O. The third kappa shape index (κ3) is 3.26. The van der Waals surface area contributed by atoms with Gasteiger partial charge in [-0.05, 0) is 53.4 Å². The lowest BCUT2D eigenvalue weighted by atomic mass is 9.70. The van der Waals surface area contributed by atoms with Crippen LogP contribution in [0.5, 0.6) is 0 Å². The third-order valence-corrected chi connectivity index (χ3v) is 3.76. The van der Waals surface area contributed by atoms with E-state index in [4.69, 9.17) is 0 Å². The smallest absolute Gasteiger partial charge is 0.0918 e. The molecule has 2 atom stereocenters. The van der Waals surface area contributed by atoms with Crippen molar-refractivity contribution in [3.63, 3.8) is 0 Å². The number of aliphatic hydroxyl groups excluding tert-OH is 1. The molecule has 0 heterocycles. The van der Waals surface area contributed by atoms with Gasteiger partial charge in [0.05, 0.1) is 11.4 Å². The van der Waals surface area contributed by atoms with Gasteiger partial charge in [0.2, 0.25) is 0 Å². The van der Waals surface area contributed by atoms with Crippen molar-refractivity contribution < 1.29 is 10.2 Å². The Morgan fingerprint density at radius 1 is 1.39 bits per heavy atom. The lowest BCUT2D eigenvalue weighted by Crippen LogP contribution is -2.33. The Morgan fingerprint density at radius 2 is 1.94 bits per heavy atom. The van der Waals surface area contributed by atoms with Gasteiger partial charge in [-0.2, -0.15) is 0 Å². The normalized spacial score (nSPS) is 26.4. The van der Waals surface area contributed by atoms with E-state index >= 15 is 0 Å². The summed E-state index contributed by atoms with van der Waals surface area (Å²) < 4.78 is 0. The van der Waals surface area contributed by atoms with E-state index < -0.39 is 5.60 Å². The molecule has 2 nitrogen and oxygen atoms in total. The van der Waals surface area contributed by atoms with E-state index in [-0.39, 0.29) is 11.7 Å². The van der Waals surface area contributed by atoms with E-state index in [0.29, 0.717) is 5.92 Å². The molecule has 0 fully saturated rings. The molecular formula is C16H26O2. The van der Waals surface area contributed by atoms with Gasteiger partial charge >= 0.3 is 0 Å². The van der Waals surface area contributed by atoms with Gasteiger partial charge in [0.25, 0.3) is 0 Å². The number of hydrogen-bond acceptors (Lipinski definition) is 2. The highest BCUT2D eigenvalue weighted by atomic mass is 16.3. The molecule has 0 aliphatic heterocycles. The van der Waals surface area contributed by atoms with Crippen molar-refractivity contribution in [2.75, 3.05) is 0 Å². The standard InChI is InChI=1S/C16H26O2/c1-10(2)13-8-7-11(3)9-14(13)15(12(4)17)16(5,6)18/h9,13-14,17-18H,1,7-8H2,2-6H3/b15-12+. The first-order valence-electron chi connectivity index (χ1n) is 6.60. The molecule has 0 aromatic carbocycles. The Morgan fingerprint density at radius 3 is 2.33 bits per heavy atom. The number of aliphatic hydroxyl groups is 2. The maximum Gasteiger partial charge on any atom is 0.0918 e. The highest BCUT2D eigenvalue weighted by Gasteiger charge is 2.35. The van der Waals surface area contributed by atoms with Crippen molar-refractivity contribution in [3.8, 4) is 0 Å². The maximum atomic E-state index is 10.3. The van der Waals surface area contributed by atoms with Crippen molar-refractivity contribution in [1.29, 1.82) is 0 Å². The van der Waals surface area contributed by atoms with Crippen LogP contribution < -0.4 is 0 Å². The summed E-state index contributed by atoms with van der Waals surface area (Å²) in [6, 6.07) is 0. The summed E-state index contributed by atoms with van der Waals surface area (Å²) in [6.45, 7) is 13.3. The van der Waals surface area contributed by atoms with Crippen LogP contribution in [0, 0.1) is 11.8 Å². The molecule has 0 bridgehead atoms. The van der Waals surface area contributed by atoms with Crippen LogP contribution in [0.3, 0.4) is 0 Å². The van der Waals surface area contributed by atoms with Gasteiger partial charge in [-0.25, -0.2) is 0 Å². The Balaban J connectivity index is 3.28. The van der Waals surface area contributed by atoms with Gasteiger partial charge in [-0.15, -0.1) is 0 Å². The molecule has 1 aliphatic carbocycles. The Hall–Kier alpha value is -1.02. The molecule has 0 aromatic rings. The zero-order chi connectivity index (χ0) is 14.1. The minimum Gasteiger partial charge on any atom is -0.513 e. The van der Waals surface area contributed by atoms with Gasteiger partial charge < -0.3 is 10.2 Å². The summed E-state index contributed by atoms with van der Waals surface area (Å²) in [7, 11) is 0. The maximum absolute atomic E-state index is 10.3. The lowest BCUT2D eigenvalue weighted by Gasteiger charge is -2.37. The molecule has 0 amide bonds. The first-order chi connectivity index (χ1) is 8.14. The Bertz CT molecular complexity index is 390. The predicted octanol–water partition coefficient (Wildman–Crippen LogP) is 4.14. The molecule has 0 radical (unpaired) electrons. The molecular weight excluding hydrogens is 224 g/mol. The van der Waals surface area contributed by atoms with Crippen molar-refractivity contribution in [2.45, 2.75) is 53.1 Å². The molecule has 0 saturated carbocycles. The summed E-state index contributed by atoms with van der Waals surface area (Å²) in [5, 5.41) is 20.3. The average molecular weight is 250 g/mol. The Labute approximate surface area is 111 Å². The number of allylic oxidation sites excluding steroid dienone is 4. The van der Waals surface area contributed by atoms with Crippen molar-refractivity contribution >= 4 is 0 Å². The first-order valence-corrected chi connectivity index (χ1v) is 6.60. The van der Waals surface area contributed by atoms with E-state index in [1.165, 1.54) is 5.57 Å². The van der Waals surface area contributed by atoms with Crippen molar-refractivity contribution in [3.05, 3.63) is 35.1 Å². The second-order valence-electron chi connectivity index (χ2n) is 6.09. The van der Waals surface area contributed by atoms with Gasteiger partial charge in [0.15, 0.2) is 0 Å². The molecule has 1 aliphatic rings. The zero-order valence-corrected chi connectivity index (χ0v) is 12.2. The van der Waals surface area contributed by atoms with Crippen LogP contribution in [0.1, 0.15) is 47.5 Å².